The van der Waals surface area contributed by atoms with Crippen molar-refractivity contribution in [3.8, 4) is 0 Å². The van der Waals surface area contributed by atoms with Crippen LogP contribution >= 0.6 is 0 Å². The summed E-state index contributed by atoms with van der Waals surface area (Å²) in [6.07, 6.45) is 0. The van der Waals surface area contributed by atoms with Crippen molar-refractivity contribution in [3.05, 3.63) is 36.8 Å². The molecule has 2 radical (unpaired) electrons. The zero-order valence-electron chi connectivity index (χ0n) is 7.67. The monoisotopic (exact) mass is 161 g/mol. The standard InChI is InChI=1S/C11H15N/c1-4-12-11-8-6-5-7-10(11)9(2)3/h1,5-9,12H,4H2,2-3H3. The van der Waals surface area contributed by atoms with Gasteiger partial charge in [-0.3, -0.25) is 0 Å². The Balaban J connectivity index is 2.92. The smallest absolute Gasteiger partial charge is 0.0375 e. The SMILES string of the molecule is [CH]CNc1ccccc1C(C)C. The van der Waals surface area contributed by atoms with Crippen molar-refractivity contribution >= 4 is 5.69 Å². The Labute approximate surface area is 74.8 Å². The van der Waals surface area contributed by atoms with E-state index in [9.17, 15) is 0 Å². The van der Waals surface area contributed by atoms with Crippen LogP contribution in [-0.4, -0.2) is 6.54 Å². The summed E-state index contributed by atoms with van der Waals surface area (Å²) >= 11 is 0. The van der Waals surface area contributed by atoms with Crippen molar-refractivity contribution in [1.29, 1.82) is 0 Å². The van der Waals surface area contributed by atoms with Crippen LogP contribution in [0.5, 0.6) is 0 Å². The van der Waals surface area contributed by atoms with Crippen LogP contribution in [0, 0.1) is 6.92 Å². The average Bonchev–Trinajstić information content (AvgIpc) is 2.05. The minimum atomic E-state index is 0.490. The Kier molecular flexibility index (Phi) is 3.15. The van der Waals surface area contributed by atoms with Gasteiger partial charge in [-0.25, -0.2) is 0 Å². The average molecular weight is 161 g/mol. The van der Waals surface area contributed by atoms with E-state index in [0.29, 0.717) is 12.5 Å². The van der Waals surface area contributed by atoms with Crippen LogP contribution in [-0.2, 0) is 0 Å². The van der Waals surface area contributed by atoms with Gasteiger partial charge in [-0.1, -0.05) is 32.0 Å². The van der Waals surface area contributed by atoms with Gasteiger partial charge in [0.15, 0.2) is 0 Å². The molecule has 0 aromatic heterocycles. The third kappa shape index (κ3) is 2.00. The predicted octanol–water partition coefficient (Wildman–Crippen LogP) is 2.93. The molecule has 1 rings (SSSR count). The van der Waals surface area contributed by atoms with E-state index in [0.717, 1.165) is 5.69 Å². The van der Waals surface area contributed by atoms with Crippen molar-refractivity contribution in [3.63, 3.8) is 0 Å². The minimum Gasteiger partial charge on any atom is -0.385 e. The Bertz CT molecular complexity index is 241. The molecular formula is C11H15N. The van der Waals surface area contributed by atoms with E-state index in [1.54, 1.807) is 0 Å². The molecule has 64 valence electrons. The maximum absolute atomic E-state index is 5.42. The van der Waals surface area contributed by atoms with Crippen molar-refractivity contribution in [2.45, 2.75) is 19.8 Å². The van der Waals surface area contributed by atoms with Gasteiger partial charge < -0.3 is 5.32 Å². The van der Waals surface area contributed by atoms with Gasteiger partial charge in [0.05, 0.1) is 0 Å². The summed E-state index contributed by atoms with van der Waals surface area (Å²) in [7, 11) is 0. The second-order valence-electron chi connectivity index (χ2n) is 3.12. The van der Waals surface area contributed by atoms with E-state index >= 15 is 0 Å². The first kappa shape index (κ1) is 9.11. The molecule has 12 heavy (non-hydrogen) atoms. The van der Waals surface area contributed by atoms with Gasteiger partial charge in [0.2, 0.25) is 0 Å². The normalized spacial score (nSPS) is 10.3. The van der Waals surface area contributed by atoms with E-state index in [1.807, 2.05) is 6.07 Å². The van der Waals surface area contributed by atoms with Gasteiger partial charge in [-0.2, -0.15) is 0 Å². The summed E-state index contributed by atoms with van der Waals surface area (Å²) in [6, 6.07) is 8.26. The highest BCUT2D eigenvalue weighted by atomic mass is 14.9. The summed E-state index contributed by atoms with van der Waals surface area (Å²) in [5.74, 6) is 0.542. The molecule has 0 fully saturated rings. The first-order valence-electron chi connectivity index (χ1n) is 4.28. The van der Waals surface area contributed by atoms with Crippen molar-refractivity contribution in [2.75, 3.05) is 11.9 Å². The molecule has 0 aliphatic heterocycles. The second kappa shape index (κ2) is 4.15. The molecule has 0 atom stereocenters. The number of para-hydroxylation sites is 1. The quantitative estimate of drug-likeness (QED) is 0.718. The topological polar surface area (TPSA) is 12.0 Å². The highest BCUT2D eigenvalue weighted by molar-refractivity contribution is 5.52. The van der Waals surface area contributed by atoms with Gasteiger partial charge in [0.1, 0.15) is 0 Å². The van der Waals surface area contributed by atoms with Crippen molar-refractivity contribution in [1.82, 2.24) is 0 Å². The number of nitrogens with one attached hydrogen (secondary N) is 1. The molecule has 0 spiro atoms. The molecule has 0 heterocycles. The van der Waals surface area contributed by atoms with Crippen LogP contribution in [0.1, 0.15) is 25.3 Å². The molecule has 0 aliphatic rings. The predicted molar refractivity (Wildman–Crippen MR) is 53.3 cm³/mol. The lowest BCUT2D eigenvalue weighted by atomic mass is 10.0. The summed E-state index contributed by atoms with van der Waals surface area (Å²) in [5.41, 5.74) is 2.47. The first-order valence-corrected chi connectivity index (χ1v) is 4.28. The third-order valence-corrected chi connectivity index (χ3v) is 1.88. The van der Waals surface area contributed by atoms with Crippen LogP contribution in [0.4, 0.5) is 5.69 Å². The highest BCUT2D eigenvalue weighted by Gasteiger charge is 2.03. The summed E-state index contributed by atoms with van der Waals surface area (Å²) in [6.45, 7) is 10.3. The van der Waals surface area contributed by atoms with E-state index in [-0.39, 0.29) is 0 Å². The third-order valence-electron chi connectivity index (χ3n) is 1.88. The number of benzene rings is 1. The van der Waals surface area contributed by atoms with Gasteiger partial charge in [0, 0.05) is 12.2 Å². The lowest BCUT2D eigenvalue weighted by molar-refractivity contribution is 0.867. The Morgan fingerprint density at radius 2 is 2.00 bits per heavy atom. The number of rotatable bonds is 3. The zero-order valence-corrected chi connectivity index (χ0v) is 7.67. The molecule has 0 unspecified atom stereocenters. The summed E-state index contributed by atoms with van der Waals surface area (Å²) in [5, 5.41) is 3.14. The molecule has 0 amide bonds. The van der Waals surface area contributed by atoms with E-state index in [2.05, 4.69) is 37.4 Å². The van der Waals surface area contributed by atoms with E-state index < -0.39 is 0 Å². The zero-order chi connectivity index (χ0) is 8.97. The lowest BCUT2D eigenvalue weighted by Crippen LogP contribution is -2.01. The fraction of sp³-hybridized carbons (Fsp3) is 0.364. The number of hydrogen-bond donors (Lipinski definition) is 1. The fourth-order valence-corrected chi connectivity index (χ4v) is 1.27. The van der Waals surface area contributed by atoms with Crippen LogP contribution in [0.25, 0.3) is 0 Å². The highest BCUT2D eigenvalue weighted by Crippen LogP contribution is 2.23. The van der Waals surface area contributed by atoms with Crippen LogP contribution in [0.2, 0.25) is 0 Å². The van der Waals surface area contributed by atoms with Crippen LogP contribution in [0.15, 0.2) is 24.3 Å². The van der Waals surface area contributed by atoms with Gasteiger partial charge >= 0.3 is 0 Å². The van der Waals surface area contributed by atoms with Gasteiger partial charge in [0.25, 0.3) is 0 Å². The molecule has 1 N–H and O–H groups in total. The molecular weight excluding hydrogens is 146 g/mol. The molecule has 0 aliphatic carbocycles. The molecule has 1 aromatic carbocycles. The Hall–Kier alpha value is -0.980. The van der Waals surface area contributed by atoms with Crippen LogP contribution < -0.4 is 5.32 Å². The lowest BCUT2D eigenvalue weighted by Gasteiger charge is -2.12. The molecule has 0 bridgehead atoms. The fourth-order valence-electron chi connectivity index (χ4n) is 1.27. The number of anilines is 1. The molecule has 1 heteroatoms. The Morgan fingerprint density at radius 1 is 1.33 bits per heavy atom. The van der Waals surface area contributed by atoms with Crippen LogP contribution in [0.3, 0.4) is 0 Å². The molecule has 1 nitrogen and oxygen atoms in total. The van der Waals surface area contributed by atoms with Gasteiger partial charge in [-0.15, -0.1) is 0 Å². The molecule has 0 saturated heterocycles. The first-order chi connectivity index (χ1) is 5.75. The second-order valence-corrected chi connectivity index (χ2v) is 3.12. The van der Waals surface area contributed by atoms with E-state index in [1.165, 1.54) is 5.56 Å². The maximum Gasteiger partial charge on any atom is 0.0375 e. The maximum atomic E-state index is 5.42. The van der Waals surface area contributed by atoms with E-state index in [4.69, 9.17) is 6.92 Å². The summed E-state index contributed by atoms with van der Waals surface area (Å²) in [4.78, 5) is 0. The largest absolute Gasteiger partial charge is 0.385 e. The molecule has 1 aromatic rings. The van der Waals surface area contributed by atoms with Crippen molar-refractivity contribution in [2.24, 2.45) is 0 Å². The minimum absolute atomic E-state index is 0.490. The van der Waals surface area contributed by atoms with Crippen molar-refractivity contribution < 1.29 is 0 Å². The Morgan fingerprint density at radius 3 is 2.58 bits per heavy atom. The summed E-state index contributed by atoms with van der Waals surface area (Å²) < 4.78 is 0. The molecule has 0 saturated carbocycles. The van der Waals surface area contributed by atoms with Gasteiger partial charge in [-0.05, 0) is 24.5 Å². The number of hydrogen-bond acceptors (Lipinski definition) is 1.